The van der Waals surface area contributed by atoms with Crippen LogP contribution in [0.2, 0.25) is 5.02 Å². The number of hydrogen-bond acceptors (Lipinski definition) is 2. The minimum atomic E-state index is -4.03. The zero-order valence-corrected chi connectivity index (χ0v) is 11.3. The number of nitrogens with one attached hydrogen (secondary N) is 1. The molecule has 0 bridgehead atoms. The quantitative estimate of drug-likeness (QED) is 0.699. The van der Waals surface area contributed by atoms with Gasteiger partial charge in [0.1, 0.15) is 0 Å². The normalized spacial score (nSPS) is 13.6. The van der Waals surface area contributed by atoms with Crippen LogP contribution in [0.5, 0.6) is 0 Å². The molecule has 1 atom stereocenters. The Morgan fingerprint density at radius 1 is 1.35 bits per heavy atom. The molecule has 0 aliphatic heterocycles. The predicted molar refractivity (Wildman–Crippen MR) is 69.4 cm³/mol. The summed E-state index contributed by atoms with van der Waals surface area (Å²) in [6.07, 6.45) is 0.708. The van der Waals surface area contributed by atoms with Gasteiger partial charge in [-0.25, -0.2) is 0 Å². The second-order valence-corrected chi connectivity index (χ2v) is 6.04. The third-order valence-corrected chi connectivity index (χ3v) is 3.43. The van der Waals surface area contributed by atoms with Crippen LogP contribution < -0.4 is 5.32 Å². The van der Waals surface area contributed by atoms with Crippen molar-refractivity contribution in [1.82, 2.24) is 5.32 Å². The van der Waals surface area contributed by atoms with Crippen LogP contribution in [0.4, 0.5) is 0 Å². The minimum Gasteiger partial charge on any atom is -0.324 e. The maximum absolute atomic E-state index is 11.1. The first-order valence-corrected chi connectivity index (χ1v) is 7.63. The lowest BCUT2D eigenvalue weighted by atomic mass is 10.1. The zero-order chi connectivity index (χ0) is 12.9. The van der Waals surface area contributed by atoms with E-state index in [4.69, 9.17) is 21.4 Å². The minimum absolute atomic E-state index is 0.200. The van der Waals surface area contributed by atoms with Crippen LogP contribution in [-0.2, 0) is 4.57 Å². The van der Waals surface area contributed by atoms with Gasteiger partial charge < -0.3 is 15.1 Å². The van der Waals surface area contributed by atoms with Gasteiger partial charge in [0.2, 0.25) is 0 Å². The highest BCUT2D eigenvalue weighted by Crippen LogP contribution is 2.39. The lowest BCUT2D eigenvalue weighted by Gasteiger charge is -2.19. The van der Waals surface area contributed by atoms with Crippen molar-refractivity contribution in [3.05, 3.63) is 34.9 Å². The average Bonchev–Trinajstić information content (AvgIpc) is 2.24. The van der Waals surface area contributed by atoms with E-state index in [1.165, 1.54) is 0 Å². The lowest BCUT2D eigenvalue weighted by molar-refractivity contribution is 0.364. The molecule has 0 aliphatic carbocycles. The molecule has 0 aliphatic rings. The van der Waals surface area contributed by atoms with E-state index in [0.29, 0.717) is 11.6 Å². The maximum Gasteiger partial charge on any atom is 0.327 e. The number of benzene rings is 1. The molecule has 1 unspecified atom stereocenters. The maximum atomic E-state index is 11.1. The van der Waals surface area contributed by atoms with E-state index in [1.807, 2.05) is 6.92 Å². The van der Waals surface area contributed by atoms with Crippen molar-refractivity contribution in [2.45, 2.75) is 19.4 Å². The van der Waals surface area contributed by atoms with Crippen LogP contribution in [0.1, 0.15) is 24.9 Å². The van der Waals surface area contributed by atoms with E-state index in [0.717, 1.165) is 12.0 Å². The molecule has 1 aromatic carbocycles. The number of halogens is 1. The highest BCUT2D eigenvalue weighted by Gasteiger charge is 2.22. The summed E-state index contributed by atoms with van der Waals surface area (Å²) in [5.41, 5.74) is 0.839. The lowest BCUT2D eigenvalue weighted by Crippen LogP contribution is -2.25. The molecule has 4 nitrogen and oxygen atoms in total. The van der Waals surface area contributed by atoms with E-state index >= 15 is 0 Å². The third-order valence-electron chi connectivity index (χ3n) is 2.33. The summed E-state index contributed by atoms with van der Waals surface area (Å²) in [5, 5.41) is 3.74. The fourth-order valence-electron chi connectivity index (χ4n) is 1.54. The van der Waals surface area contributed by atoms with E-state index in [-0.39, 0.29) is 12.2 Å². The Kier molecular flexibility index (Phi) is 5.63. The van der Waals surface area contributed by atoms with Crippen molar-refractivity contribution >= 4 is 19.2 Å². The van der Waals surface area contributed by atoms with Crippen LogP contribution in [0.25, 0.3) is 0 Å². The van der Waals surface area contributed by atoms with Crippen LogP contribution >= 0.6 is 19.2 Å². The van der Waals surface area contributed by atoms with Gasteiger partial charge in [-0.2, -0.15) is 0 Å². The van der Waals surface area contributed by atoms with Crippen LogP contribution in [0, 0.1) is 0 Å². The van der Waals surface area contributed by atoms with Gasteiger partial charge >= 0.3 is 7.60 Å². The van der Waals surface area contributed by atoms with Gasteiger partial charge in [-0.15, -0.1) is 0 Å². The summed E-state index contributed by atoms with van der Waals surface area (Å²) in [7, 11) is -4.03. The topological polar surface area (TPSA) is 69.6 Å². The van der Waals surface area contributed by atoms with Gasteiger partial charge in [-0.3, -0.25) is 4.57 Å². The highest BCUT2D eigenvalue weighted by molar-refractivity contribution is 7.51. The molecule has 0 radical (unpaired) electrons. The Balaban J connectivity index is 2.81. The van der Waals surface area contributed by atoms with Gasteiger partial charge in [0.25, 0.3) is 0 Å². The molecule has 6 heteroatoms. The summed E-state index contributed by atoms with van der Waals surface area (Å²) < 4.78 is 11.1. The Morgan fingerprint density at radius 2 is 1.94 bits per heavy atom. The second-order valence-electron chi connectivity index (χ2n) is 3.91. The van der Waals surface area contributed by atoms with Gasteiger partial charge in [0.05, 0.1) is 6.16 Å². The van der Waals surface area contributed by atoms with Crippen molar-refractivity contribution in [3.63, 3.8) is 0 Å². The first kappa shape index (κ1) is 14.7. The monoisotopic (exact) mass is 277 g/mol. The largest absolute Gasteiger partial charge is 0.327 e. The van der Waals surface area contributed by atoms with Crippen molar-refractivity contribution in [1.29, 1.82) is 0 Å². The summed E-state index contributed by atoms with van der Waals surface area (Å²) in [4.78, 5) is 18.1. The van der Waals surface area contributed by atoms with Gasteiger partial charge in [-0.05, 0) is 30.7 Å². The van der Waals surface area contributed by atoms with Crippen molar-refractivity contribution < 1.29 is 14.4 Å². The first-order valence-electron chi connectivity index (χ1n) is 5.46. The molecule has 0 spiro atoms. The molecule has 96 valence electrons. The molecule has 3 N–H and O–H groups in total. The molecular formula is C11H17ClNO3P. The van der Waals surface area contributed by atoms with Crippen LogP contribution in [0.15, 0.2) is 24.3 Å². The molecule has 0 saturated carbocycles. The van der Waals surface area contributed by atoms with Gasteiger partial charge in [0, 0.05) is 11.1 Å². The van der Waals surface area contributed by atoms with E-state index < -0.39 is 7.60 Å². The molecule has 0 heterocycles. The predicted octanol–water partition coefficient (Wildman–Crippen LogP) is 2.56. The van der Waals surface area contributed by atoms with E-state index in [2.05, 4.69) is 5.32 Å². The second kappa shape index (κ2) is 6.53. The molecule has 17 heavy (non-hydrogen) atoms. The van der Waals surface area contributed by atoms with Gasteiger partial charge in [0.15, 0.2) is 0 Å². The van der Waals surface area contributed by atoms with Crippen molar-refractivity contribution in [2.24, 2.45) is 0 Å². The fraction of sp³-hybridized carbons (Fsp3) is 0.455. The Morgan fingerprint density at radius 3 is 2.41 bits per heavy atom. The molecule has 1 rings (SSSR count). The van der Waals surface area contributed by atoms with Crippen LogP contribution in [0.3, 0.4) is 0 Å². The fourth-order valence-corrected chi connectivity index (χ4v) is 2.48. The van der Waals surface area contributed by atoms with Crippen LogP contribution in [-0.4, -0.2) is 22.5 Å². The average molecular weight is 278 g/mol. The Hall–Kier alpha value is -0.380. The molecule has 1 aromatic rings. The summed E-state index contributed by atoms with van der Waals surface area (Å²) in [6, 6.07) is 6.67. The smallest absolute Gasteiger partial charge is 0.324 e. The first-order chi connectivity index (χ1) is 7.92. The standard InChI is InChI=1S/C11H17ClNO3P/c1-2-7-13-11(8-17(14,15)16)9-3-5-10(12)6-4-9/h3-6,11,13H,2,7-8H2,1H3,(H2,14,15,16). The van der Waals surface area contributed by atoms with Crippen molar-refractivity contribution in [2.75, 3.05) is 12.7 Å². The number of rotatable bonds is 6. The molecule has 0 saturated heterocycles. The van der Waals surface area contributed by atoms with E-state index in [1.54, 1.807) is 24.3 Å². The molecule has 0 amide bonds. The van der Waals surface area contributed by atoms with Crippen molar-refractivity contribution in [3.8, 4) is 0 Å². The highest BCUT2D eigenvalue weighted by atomic mass is 35.5. The Bertz CT molecular complexity index is 390. The van der Waals surface area contributed by atoms with E-state index in [9.17, 15) is 4.57 Å². The Labute approximate surface area is 106 Å². The third kappa shape index (κ3) is 5.66. The SMILES string of the molecule is CCCNC(CP(=O)(O)O)c1ccc(Cl)cc1. The summed E-state index contributed by atoms with van der Waals surface area (Å²) in [6.45, 7) is 2.72. The molecule has 0 fully saturated rings. The van der Waals surface area contributed by atoms with Gasteiger partial charge in [-0.1, -0.05) is 30.7 Å². The number of hydrogen-bond donors (Lipinski definition) is 3. The summed E-state index contributed by atoms with van der Waals surface area (Å²) >= 11 is 5.78. The molecule has 0 aromatic heterocycles. The molecular weight excluding hydrogens is 261 g/mol. The zero-order valence-electron chi connectivity index (χ0n) is 9.64. The summed E-state index contributed by atoms with van der Waals surface area (Å²) in [5.74, 6) is 0.